The van der Waals surface area contributed by atoms with Crippen LogP contribution < -0.4 is 0 Å². The molecule has 16 heavy (non-hydrogen) atoms. The van der Waals surface area contributed by atoms with Gasteiger partial charge in [-0.05, 0) is 34.3 Å². The zero-order valence-electron chi connectivity index (χ0n) is 8.67. The molecule has 0 aliphatic heterocycles. The van der Waals surface area contributed by atoms with Gasteiger partial charge in [-0.25, -0.2) is 0 Å². The van der Waals surface area contributed by atoms with Crippen LogP contribution in [0.15, 0.2) is 42.0 Å². The molecule has 0 amide bonds. The van der Waals surface area contributed by atoms with E-state index < -0.39 is 4.83 Å². The predicted octanol–water partition coefficient (Wildman–Crippen LogP) is 3.53. The highest BCUT2D eigenvalue weighted by Gasteiger charge is 2.29. The Kier molecular flexibility index (Phi) is 5.09. The normalized spacial score (nSPS) is 12.9. The molecular formula is C12H13BrF2O. The van der Waals surface area contributed by atoms with Gasteiger partial charge >= 0.3 is 4.83 Å². The summed E-state index contributed by atoms with van der Waals surface area (Å²) in [7, 11) is 0. The molecule has 0 bridgehead atoms. The van der Waals surface area contributed by atoms with E-state index in [4.69, 9.17) is 5.11 Å². The second-order valence-corrected chi connectivity index (χ2v) is 4.39. The molecule has 0 fully saturated rings. The van der Waals surface area contributed by atoms with E-state index in [0.717, 1.165) is 11.6 Å². The molecule has 0 heterocycles. The van der Waals surface area contributed by atoms with Gasteiger partial charge in [-0.1, -0.05) is 36.4 Å². The molecule has 0 spiro atoms. The Bertz CT molecular complexity index is 344. The molecule has 1 aromatic carbocycles. The van der Waals surface area contributed by atoms with Gasteiger partial charge in [0.2, 0.25) is 0 Å². The summed E-state index contributed by atoms with van der Waals surface area (Å²) in [5, 5.41) is 8.67. The highest BCUT2D eigenvalue weighted by molar-refractivity contribution is 9.10. The van der Waals surface area contributed by atoms with E-state index in [-0.39, 0.29) is 18.6 Å². The maximum atomic E-state index is 13.0. The fourth-order valence-electron chi connectivity index (χ4n) is 1.39. The van der Waals surface area contributed by atoms with Crippen molar-refractivity contribution in [3.63, 3.8) is 0 Å². The molecular weight excluding hydrogens is 278 g/mol. The van der Waals surface area contributed by atoms with Crippen LogP contribution in [0.5, 0.6) is 0 Å². The van der Waals surface area contributed by atoms with E-state index in [2.05, 4.69) is 15.9 Å². The lowest BCUT2D eigenvalue weighted by atomic mass is 10.0. The van der Waals surface area contributed by atoms with Gasteiger partial charge in [0.25, 0.3) is 0 Å². The Balaban J connectivity index is 2.62. The van der Waals surface area contributed by atoms with E-state index in [1.165, 1.54) is 0 Å². The lowest BCUT2D eigenvalue weighted by Crippen LogP contribution is -2.11. The lowest BCUT2D eigenvalue weighted by Gasteiger charge is -2.13. The fourth-order valence-corrected chi connectivity index (χ4v) is 1.75. The first kappa shape index (κ1) is 13.3. The van der Waals surface area contributed by atoms with Crippen LogP contribution in [0.2, 0.25) is 0 Å². The summed E-state index contributed by atoms with van der Waals surface area (Å²) >= 11 is 2.31. The van der Waals surface area contributed by atoms with Crippen molar-refractivity contribution in [2.24, 2.45) is 0 Å². The number of aliphatic hydroxyl groups is 1. The maximum absolute atomic E-state index is 13.0. The predicted molar refractivity (Wildman–Crippen MR) is 63.8 cm³/mol. The third-order valence-electron chi connectivity index (χ3n) is 2.23. The van der Waals surface area contributed by atoms with Crippen molar-refractivity contribution in [1.82, 2.24) is 0 Å². The molecule has 4 heteroatoms. The minimum atomic E-state index is -3.04. The van der Waals surface area contributed by atoms with Crippen LogP contribution in [0.4, 0.5) is 8.78 Å². The zero-order valence-corrected chi connectivity index (χ0v) is 10.3. The number of hydrogen-bond donors (Lipinski definition) is 1. The minimum Gasteiger partial charge on any atom is -0.392 e. The topological polar surface area (TPSA) is 20.2 Å². The van der Waals surface area contributed by atoms with Gasteiger partial charge in [0, 0.05) is 5.57 Å². The number of halogens is 3. The van der Waals surface area contributed by atoms with Crippen molar-refractivity contribution in [3.05, 3.63) is 47.5 Å². The van der Waals surface area contributed by atoms with E-state index in [1.807, 2.05) is 30.3 Å². The van der Waals surface area contributed by atoms with E-state index in [0.29, 0.717) is 6.42 Å². The third-order valence-corrected chi connectivity index (χ3v) is 2.74. The lowest BCUT2D eigenvalue weighted by molar-refractivity contribution is 0.150. The minimum absolute atomic E-state index is 0.0844. The highest BCUT2D eigenvalue weighted by Crippen LogP contribution is 2.33. The first-order valence-corrected chi connectivity index (χ1v) is 5.74. The van der Waals surface area contributed by atoms with Gasteiger partial charge in [0.05, 0.1) is 6.61 Å². The Hall–Kier alpha value is -0.740. The quantitative estimate of drug-likeness (QED) is 0.650. The molecule has 1 aromatic rings. The standard InChI is InChI=1S/C12H13BrF2O/c13-12(14,15)11(8-9-16)7-6-10-4-2-1-3-5-10/h1-5,8,16H,6-7,9H2/b11-8+. The SMILES string of the molecule is OC/C=C(\CCc1ccccc1)C(F)(F)Br. The monoisotopic (exact) mass is 290 g/mol. The van der Waals surface area contributed by atoms with Gasteiger partial charge in [0.15, 0.2) is 0 Å². The molecule has 1 nitrogen and oxygen atoms in total. The van der Waals surface area contributed by atoms with Crippen LogP contribution in [-0.2, 0) is 6.42 Å². The van der Waals surface area contributed by atoms with Crippen molar-refractivity contribution in [2.45, 2.75) is 17.7 Å². The second kappa shape index (κ2) is 6.11. The molecule has 0 aliphatic carbocycles. The number of allylic oxidation sites excluding steroid dienone is 1. The van der Waals surface area contributed by atoms with Crippen molar-refractivity contribution in [1.29, 1.82) is 0 Å². The fraction of sp³-hybridized carbons (Fsp3) is 0.333. The second-order valence-electron chi connectivity index (χ2n) is 3.40. The van der Waals surface area contributed by atoms with Gasteiger partial charge in [-0.2, -0.15) is 8.78 Å². The number of aryl methyl sites for hydroxylation is 1. The van der Waals surface area contributed by atoms with Crippen LogP contribution in [0.3, 0.4) is 0 Å². The maximum Gasteiger partial charge on any atom is 0.322 e. The summed E-state index contributed by atoms with van der Waals surface area (Å²) in [5.41, 5.74) is 0.918. The van der Waals surface area contributed by atoms with Gasteiger partial charge < -0.3 is 5.11 Å². The highest BCUT2D eigenvalue weighted by atomic mass is 79.9. The number of alkyl halides is 3. The number of aliphatic hydroxyl groups excluding tert-OH is 1. The van der Waals surface area contributed by atoms with Crippen molar-refractivity contribution >= 4 is 15.9 Å². The average Bonchev–Trinajstić information content (AvgIpc) is 2.24. The summed E-state index contributed by atoms with van der Waals surface area (Å²) in [6.07, 6.45) is 1.91. The Morgan fingerprint density at radius 3 is 2.44 bits per heavy atom. The van der Waals surface area contributed by atoms with E-state index in [1.54, 1.807) is 0 Å². The number of rotatable bonds is 5. The summed E-state index contributed by atoms with van der Waals surface area (Å²) in [5.74, 6) is 0. The van der Waals surface area contributed by atoms with Crippen LogP contribution in [0.25, 0.3) is 0 Å². The van der Waals surface area contributed by atoms with Crippen LogP contribution >= 0.6 is 15.9 Å². The summed E-state index contributed by atoms with van der Waals surface area (Å²) in [4.78, 5) is -3.04. The molecule has 1 rings (SSSR count). The van der Waals surface area contributed by atoms with E-state index >= 15 is 0 Å². The first-order valence-electron chi connectivity index (χ1n) is 4.95. The summed E-state index contributed by atoms with van der Waals surface area (Å²) < 4.78 is 26.0. The van der Waals surface area contributed by atoms with Crippen LogP contribution in [-0.4, -0.2) is 16.5 Å². The summed E-state index contributed by atoms with van der Waals surface area (Å²) in [6, 6.07) is 9.41. The van der Waals surface area contributed by atoms with Gasteiger partial charge in [-0.3, -0.25) is 0 Å². The molecule has 0 radical (unpaired) electrons. The molecule has 0 aliphatic rings. The Morgan fingerprint density at radius 1 is 1.31 bits per heavy atom. The van der Waals surface area contributed by atoms with Crippen LogP contribution in [0.1, 0.15) is 12.0 Å². The molecule has 88 valence electrons. The first-order chi connectivity index (χ1) is 7.54. The molecule has 0 saturated carbocycles. The molecule has 0 saturated heterocycles. The smallest absolute Gasteiger partial charge is 0.322 e. The largest absolute Gasteiger partial charge is 0.392 e. The third kappa shape index (κ3) is 4.41. The molecule has 0 unspecified atom stereocenters. The Labute approximate surface area is 102 Å². The van der Waals surface area contributed by atoms with Crippen LogP contribution in [0, 0.1) is 0 Å². The number of benzene rings is 1. The average molecular weight is 291 g/mol. The van der Waals surface area contributed by atoms with Gasteiger partial charge in [0.1, 0.15) is 0 Å². The molecule has 1 N–H and O–H groups in total. The summed E-state index contributed by atoms with van der Waals surface area (Å²) in [6.45, 7) is -0.370. The van der Waals surface area contributed by atoms with Crippen molar-refractivity contribution < 1.29 is 13.9 Å². The Morgan fingerprint density at radius 2 is 1.94 bits per heavy atom. The molecule has 0 atom stereocenters. The van der Waals surface area contributed by atoms with Crippen molar-refractivity contribution in [3.8, 4) is 0 Å². The van der Waals surface area contributed by atoms with Gasteiger partial charge in [-0.15, -0.1) is 0 Å². The van der Waals surface area contributed by atoms with E-state index in [9.17, 15) is 8.78 Å². The van der Waals surface area contributed by atoms with Crippen molar-refractivity contribution in [2.75, 3.05) is 6.61 Å². The molecule has 0 aromatic heterocycles. The zero-order chi connectivity index (χ0) is 12.0. The number of hydrogen-bond acceptors (Lipinski definition) is 1.